The van der Waals surface area contributed by atoms with Gasteiger partial charge in [-0.15, -0.1) is 35.3 Å². The fraction of sp³-hybridized carbons (Fsp3) is 0.375. The molecule has 0 bridgehead atoms. The van der Waals surface area contributed by atoms with Gasteiger partial charge in [0, 0.05) is 16.4 Å². The van der Waals surface area contributed by atoms with Crippen molar-refractivity contribution in [1.82, 2.24) is 15.6 Å². The lowest BCUT2D eigenvalue weighted by Crippen LogP contribution is -2.36. The van der Waals surface area contributed by atoms with Gasteiger partial charge in [-0.1, -0.05) is 23.7 Å². The van der Waals surface area contributed by atoms with E-state index in [-0.39, 0.29) is 24.0 Å². The lowest BCUT2D eigenvalue weighted by atomic mass is 10.2. The number of rotatable bonds is 5. The Kier molecular flexibility index (Phi) is 8.86. The van der Waals surface area contributed by atoms with Gasteiger partial charge in [0.05, 0.1) is 23.8 Å². The smallest absolute Gasteiger partial charge is 0.191 e. The number of hydrogen-bond acceptors (Lipinski definition) is 3. The van der Waals surface area contributed by atoms with Gasteiger partial charge >= 0.3 is 0 Å². The Balaban J connectivity index is 0.00000264. The third-order valence-electron chi connectivity index (χ3n) is 3.09. The summed E-state index contributed by atoms with van der Waals surface area (Å²) in [7, 11) is 0. The van der Waals surface area contributed by atoms with Gasteiger partial charge in [0.25, 0.3) is 0 Å². The summed E-state index contributed by atoms with van der Waals surface area (Å²) < 4.78 is 0. The van der Waals surface area contributed by atoms with Crippen molar-refractivity contribution in [1.29, 1.82) is 0 Å². The first-order valence-corrected chi connectivity index (χ1v) is 8.47. The van der Waals surface area contributed by atoms with Crippen molar-refractivity contribution in [3.05, 3.63) is 50.4 Å². The Bertz CT molecular complexity index is 640. The predicted molar refractivity (Wildman–Crippen MR) is 110 cm³/mol. The third kappa shape index (κ3) is 6.64. The summed E-state index contributed by atoms with van der Waals surface area (Å²) in [5, 5.41) is 8.45. The molecule has 0 aliphatic carbocycles. The zero-order valence-corrected chi connectivity index (χ0v) is 17.4. The molecule has 126 valence electrons. The Labute approximate surface area is 163 Å². The van der Waals surface area contributed by atoms with Crippen molar-refractivity contribution < 1.29 is 0 Å². The molecule has 1 heterocycles. The standard InChI is InChI=1S/C16H21ClN4S.HI/c1-4-18-16(19-9-13-5-7-14(17)8-6-13)20-10-15-11(2)21-12(3)22-15;/h5-8H,4,9-10H2,1-3H3,(H2,18,19,20);1H. The number of nitrogens with zero attached hydrogens (tertiary/aromatic N) is 2. The first-order valence-electron chi connectivity index (χ1n) is 7.28. The highest BCUT2D eigenvalue weighted by Crippen LogP contribution is 2.16. The normalized spacial score (nSPS) is 11.0. The molecule has 1 aromatic heterocycles. The van der Waals surface area contributed by atoms with Crippen LogP contribution in [0.5, 0.6) is 0 Å². The summed E-state index contributed by atoms with van der Waals surface area (Å²) in [6, 6.07) is 7.75. The molecule has 0 saturated carbocycles. The molecule has 4 nitrogen and oxygen atoms in total. The molecule has 0 amide bonds. The first-order chi connectivity index (χ1) is 10.6. The summed E-state index contributed by atoms with van der Waals surface area (Å²) in [5.74, 6) is 0.808. The number of aliphatic imine (C=N–C) groups is 1. The number of guanidine groups is 1. The minimum absolute atomic E-state index is 0. The summed E-state index contributed by atoms with van der Waals surface area (Å²) in [6.45, 7) is 8.31. The van der Waals surface area contributed by atoms with Gasteiger partial charge in [0.1, 0.15) is 0 Å². The van der Waals surface area contributed by atoms with E-state index in [0.29, 0.717) is 6.54 Å². The second kappa shape index (κ2) is 10.1. The van der Waals surface area contributed by atoms with Crippen LogP contribution in [0.1, 0.15) is 28.1 Å². The number of halogens is 2. The molecule has 0 unspecified atom stereocenters. The Morgan fingerprint density at radius 3 is 2.48 bits per heavy atom. The van der Waals surface area contributed by atoms with Gasteiger partial charge in [0.15, 0.2) is 5.96 Å². The molecular formula is C16H22ClIN4S. The second-order valence-electron chi connectivity index (χ2n) is 4.92. The van der Waals surface area contributed by atoms with Crippen LogP contribution in [0.25, 0.3) is 0 Å². The molecule has 2 N–H and O–H groups in total. The van der Waals surface area contributed by atoms with E-state index in [4.69, 9.17) is 11.6 Å². The van der Waals surface area contributed by atoms with Crippen molar-refractivity contribution in [3.8, 4) is 0 Å². The van der Waals surface area contributed by atoms with E-state index in [1.807, 2.05) is 38.1 Å². The monoisotopic (exact) mass is 464 g/mol. The highest BCUT2D eigenvalue weighted by Gasteiger charge is 2.05. The maximum Gasteiger partial charge on any atom is 0.191 e. The Morgan fingerprint density at radius 1 is 1.22 bits per heavy atom. The molecule has 0 spiro atoms. The molecule has 0 aliphatic heterocycles. The molecule has 0 radical (unpaired) electrons. The maximum atomic E-state index is 5.89. The highest BCUT2D eigenvalue weighted by atomic mass is 127. The fourth-order valence-electron chi connectivity index (χ4n) is 2.00. The van der Waals surface area contributed by atoms with Crippen molar-refractivity contribution in [2.75, 3.05) is 6.54 Å². The largest absolute Gasteiger partial charge is 0.357 e. The van der Waals surface area contributed by atoms with Crippen LogP contribution in [0, 0.1) is 13.8 Å². The molecule has 0 fully saturated rings. The molecule has 23 heavy (non-hydrogen) atoms. The van der Waals surface area contributed by atoms with Crippen LogP contribution in [0.4, 0.5) is 0 Å². The van der Waals surface area contributed by atoms with Gasteiger partial charge in [-0.3, -0.25) is 0 Å². The SMILES string of the molecule is CCNC(=NCc1ccc(Cl)cc1)NCc1sc(C)nc1C.I. The summed E-state index contributed by atoms with van der Waals surface area (Å²) in [6.07, 6.45) is 0. The van der Waals surface area contributed by atoms with E-state index in [1.165, 1.54) is 4.88 Å². The Hall–Kier alpha value is -0.860. The zero-order valence-electron chi connectivity index (χ0n) is 13.5. The van der Waals surface area contributed by atoms with Crippen LogP contribution in [0.15, 0.2) is 29.3 Å². The van der Waals surface area contributed by atoms with E-state index in [0.717, 1.165) is 40.3 Å². The van der Waals surface area contributed by atoms with Crippen LogP contribution >= 0.6 is 46.9 Å². The van der Waals surface area contributed by atoms with E-state index in [2.05, 4.69) is 27.5 Å². The number of hydrogen-bond donors (Lipinski definition) is 2. The highest BCUT2D eigenvalue weighted by molar-refractivity contribution is 14.0. The number of thiazole rings is 1. The van der Waals surface area contributed by atoms with E-state index < -0.39 is 0 Å². The second-order valence-corrected chi connectivity index (χ2v) is 6.64. The fourth-order valence-corrected chi connectivity index (χ4v) is 3.01. The van der Waals surface area contributed by atoms with E-state index in [9.17, 15) is 0 Å². The third-order valence-corrected chi connectivity index (χ3v) is 4.42. The molecule has 2 rings (SSSR count). The molecule has 0 aliphatic rings. The van der Waals surface area contributed by atoms with Crippen molar-refractivity contribution in [2.45, 2.75) is 33.9 Å². The lowest BCUT2D eigenvalue weighted by Gasteiger charge is -2.10. The number of aromatic nitrogens is 1. The minimum Gasteiger partial charge on any atom is -0.357 e. The number of aryl methyl sites for hydroxylation is 2. The molecular weight excluding hydrogens is 443 g/mol. The van der Waals surface area contributed by atoms with Gasteiger partial charge < -0.3 is 10.6 Å². The van der Waals surface area contributed by atoms with Crippen molar-refractivity contribution in [2.24, 2.45) is 4.99 Å². The van der Waals surface area contributed by atoms with Gasteiger partial charge in [-0.05, 0) is 38.5 Å². The molecule has 0 saturated heterocycles. The van der Waals surface area contributed by atoms with Crippen LogP contribution in [0.2, 0.25) is 5.02 Å². The van der Waals surface area contributed by atoms with Crippen LogP contribution in [-0.2, 0) is 13.1 Å². The van der Waals surface area contributed by atoms with Gasteiger partial charge in [-0.25, -0.2) is 9.98 Å². The van der Waals surface area contributed by atoms with Crippen LogP contribution in [0.3, 0.4) is 0 Å². The lowest BCUT2D eigenvalue weighted by molar-refractivity contribution is 0.819. The first kappa shape index (κ1) is 20.2. The van der Waals surface area contributed by atoms with Crippen LogP contribution < -0.4 is 10.6 Å². The van der Waals surface area contributed by atoms with E-state index >= 15 is 0 Å². The van der Waals surface area contributed by atoms with Crippen molar-refractivity contribution in [3.63, 3.8) is 0 Å². The quantitative estimate of drug-likeness (QED) is 0.394. The topological polar surface area (TPSA) is 49.3 Å². The number of benzene rings is 1. The predicted octanol–water partition coefficient (Wildman–Crippen LogP) is 4.29. The van der Waals surface area contributed by atoms with E-state index in [1.54, 1.807) is 11.3 Å². The zero-order chi connectivity index (χ0) is 15.9. The molecule has 1 aromatic carbocycles. The minimum atomic E-state index is 0. The number of nitrogens with one attached hydrogen (secondary N) is 2. The van der Waals surface area contributed by atoms with Crippen molar-refractivity contribution >= 4 is 52.9 Å². The summed E-state index contributed by atoms with van der Waals surface area (Å²) in [4.78, 5) is 10.3. The average molecular weight is 465 g/mol. The maximum absolute atomic E-state index is 5.89. The molecule has 2 aromatic rings. The Morgan fingerprint density at radius 2 is 1.91 bits per heavy atom. The molecule has 0 atom stereocenters. The van der Waals surface area contributed by atoms with Gasteiger partial charge in [-0.2, -0.15) is 0 Å². The van der Waals surface area contributed by atoms with Gasteiger partial charge in [0.2, 0.25) is 0 Å². The summed E-state index contributed by atoms with van der Waals surface area (Å²) in [5.41, 5.74) is 2.22. The molecule has 7 heteroatoms. The average Bonchev–Trinajstić information content (AvgIpc) is 2.81. The summed E-state index contributed by atoms with van der Waals surface area (Å²) >= 11 is 7.61. The van der Waals surface area contributed by atoms with Crippen LogP contribution in [-0.4, -0.2) is 17.5 Å².